The topological polar surface area (TPSA) is 71.0 Å². The van der Waals surface area contributed by atoms with Crippen LogP contribution in [0.1, 0.15) is 27.4 Å². The monoisotopic (exact) mass is 379 g/mol. The number of halogens is 1. The van der Waals surface area contributed by atoms with Crippen LogP contribution in [0.4, 0.5) is 10.2 Å². The van der Waals surface area contributed by atoms with Crippen molar-refractivity contribution in [2.45, 2.75) is 19.9 Å². The third-order valence-corrected chi connectivity index (χ3v) is 4.30. The summed E-state index contributed by atoms with van der Waals surface area (Å²) in [6, 6.07) is 11.6. The lowest BCUT2D eigenvalue weighted by atomic mass is 10.2. The van der Waals surface area contributed by atoms with Gasteiger partial charge in [-0.3, -0.25) is 9.78 Å². The van der Waals surface area contributed by atoms with Crippen molar-refractivity contribution in [1.82, 2.24) is 20.3 Å². The average Bonchev–Trinajstić information content (AvgIpc) is 2.71. The number of pyridine rings is 1. The Bertz CT molecular complexity index is 931. The summed E-state index contributed by atoms with van der Waals surface area (Å²) in [5.41, 5.74) is 2.31. The molecule has 0 unspecified atom stereocenters. The smallest absolute Gasteiger partial charge is 0.270 e. The van der Waals surface area contributed by atoms with Gasteiger partial charge in [-0.05, 0) is 48.7 Å². The van der Waals surface area contributed by atoms with Gasteiger partial charge in [-0.1, -0.05) is 12.1 Å². The van der Waals surface area contributed by atoms with E-state index in [1.165, 1.54) is 17.7 Å². The summed E-state index contributed by atoms with van der Waals surface area (Å²) in [6.07, 6.45) is 4.38. The number of likely N-dealkylation sites (N-methyl/N-ethyl adjacent to an activating group) is 1. The summed E-state index contributed by atoms with van der Waals surface area (Å²) >= 11 is 0. The molecule has 0 saturated carbocycles. The Labute approximate surface area is 163 Å². The van der Waals surface area contributed by atoms with E-state index < -0.39 is 0 Å². The van der Waals surface area contributed by atoms with Crippen molar-refractivity contribution in [3.63, 3.8) is 0 Å². The van der Waals surface area contributed by atoms with Gasteiger partial charge in [0, 0.05) is 38.6 Å². The average molecular weight is 379 g/mol. The summed E-state index contributed by atoms with van der Waals surface area (Å²) < 4.78 is 13.0. The fraction of sp³-hybridized carbons (Fsp3) is 0.238. The zero-order chi connectivity index (χ0) is 19.9. The largest absolute Gasteiger partial charge is 0.359 e. The molecule has 0 aliphatic rings. The number of aryl methyl sites for hydroxylation is 1. The number of anilines is 1. The molecular weight excluding hydrogens is 357 g/mol. The molecule has 0 atom stereocenters. The van der Waals surface area contributed by atoms with Gasteiger partial charge in [0.1, 0.15) is 23.2 Å². The van der Waals surface area contributed by atoms with Crippen molar-refractivity contribution in [1.29, 1.82) is 0 Å². The maximum Gasteiger partial charge on any atom is 0.270 e. The number of amides is 1. The van der Waals surface area contributed by atoms with Crippen LogP contribution in [-0.4, -0.2) is 34.5 Å². The predicted octanol–water partition coefficient (Wildman–Crippen LogP) is 2.93. The van der Waals surface area contributed by atoms with E-state index in [2.05, 4.69) is 20.3 Å². The highest BCUT2D eigenvalue weighted by molar-refractivity contribution is 5.92. The minimum Gasteiger partial charge on any atom is -0.359 e. The first-order valence-electron chi connectivity index (χ1n) is 8.99. The van der Waals surface area contributed by atoms with Crippen molar-refractivity contribution in [2.24, 2.45) is 0 Å². The molecule has 28 heavy (non-hydrogen) atoms. The Morgan fingerprint density at radius 3 is 2.50 bits per heavy atom. The van der Waals surface area contributed by atoms with Crippen LogP contribution in [0.25, 0.3) is 0 Å². The second kappa shape index (κ2) is 9.03. The number of carbonyl (C=O) groups is 1. The van der Waals surface area contributed by atoms with Crippen LogP contribution in [0.3, 0.4) is 0 Å². The molecular formula is C21H22FN5O. The minimum atomic E-state index is -0.305. The number of nitrogens with one attached hydrogen (secondary N) is 1. The fourth-order valence-corrected chi connectivity index (χ4v) is 2.70. The molecule has 7 heteroatoms. The Balaban J connectivity index is 1.64. The molecule has 1 N–H and O–H groups in total. The number of hydrogen-bond donors (Lipinski definition) is 1. The van der Waals surface area contributed by atoms with Crippen LogP contribution in [0.2, 0.25) is 0 Å². The Kier molecular flexibility index (Phi) is 6.26. The van der Waals surface area contributed by atoms with Crippen LogP contribution < -0.4 is 10.2 Å². The third-order valence-electron chi connectivity index (χ3n) is 4.30. The van der Waals surface area contributed by atoms with Crippen LogP contribution in [-0.2, 0) is 13.0 Å². The molecule has 2 aromatic heterocycles. The predicted molar refractivity (Wildman–Crippen MR) is 106 cm³/mol. The molecule has 1 aromatic carbocycles. The van der Waals surface area contributed by atoms with Crippen LogP contribution in [0, 0.1) is 12.7 Å². The normalized spacial score (nSPS) is 10.5. The molecule has 0 saturated heterocycles. The van der Waals surface area contributed by atoms with E-state index in [0.29, 0.717) is 23.9 Å². The maximum absolute atomic E-state index is 13.0. The fourth-order valence-electron chi connectivity index (χ4n) is 2.70. The van der Waals surface area contributed by atoms with E-state index in [0.717, 1.165) is 18.5 Å². The lowest BCUT2D eigenvalue weighted by Crippen LogP contribution is -2.26. The molecule has 144 valence electrons. The highest BCUT2D eigenvalue weighted by Gasteiger charge is 2.13. The zero-order valence-electron chi connectivity index (χ0n) is 15.9. The van der Waals surface area contributed by atoms with E-state index in [-0.39, 0.29) is 11.7 Å². The number of carbonyl (C=O) groups excluding carboxylic acids is 1. The summed E-state index contributed by atoms with van der Waals surface area (Å²) in [6.45, 7) is 2.81. The van der Waals surface area contributed by atoms with Gasteiger partial charge in [0.25, 0.3) is 5.91 Å². The first-order valence-corrected chi connectivity index (χ1v) is 8.99. The minimum absolute atomic E-state index is 0.293. The lowest BCUT2D eigenvalue weighted by molar-refractivity contribution is 0.0945. The lowest BCUT2D eigenvalue weighted by Gasteiger charge is -2.19. The van der Waals surface area contributed by atoms with Gasteiger partial charge in [-0.15, -0.1) is 0 Å². The van der Waals surface area contributed by atoms with Gasteiger partial charge < -0.3 is 10.2 Å². The standard InChI is InChI=1S/C21H22FN5O/c1-15-25-19(21(28)24-14-17-3-5-18(22)6-4-17)13-20(26-15)27(2)12-9-16-7-10-23-11-8-16/h3-8,10-11,13H,9,12,14H2,1-2H3,(H,24,28). The molecule has 0 spiro atoms. The molecule has 0 bridgehead atoms. The van der Waals surface area contributed by atoms with Crippen LogP contribution in [0.15, 0.2) is 54.9 Å². The zero-order valence-corrected chi connectivity index (χ0v) is 15.9. The van der Waals surface area contributed by atoms with Gasteiger partial charge in [0.05, 0.1) is 0 Å². The highest BCUT2D eigenvalue weighted by Crippen LogP contribution is 2.13. The summed E-state index contributed by atoms with van der Waals surface area (Å²) in [5, 5.41) is 2.81. The number of hydrogen-bond acceptors (Lipinski definition) is 5. The molecule has 0 aliphatic heterocycles. The number of rotatable bonds is 7. The molecule has 2 heterocycles. The third kappa shape index (κ3) is 5.33. The van der Waals surface area contributed by atoms with Crippen molar-refractivity contribution in [2.75, 3.05) is 18.5 Å². The van der Waals surface area contributed by atoms with E-state index in [1.54, 1.807) is 37.5 Å². The van der Waals surface area contributed by atoms with Crippen molar-refractivity contribution < 1.29 is 9.18 Å². The summed E-state index contributed by atoms with van der Waals surface area (Å²) in [5.74, 6) is 0.619. The highest BCUT2D eigenvalue weighted by atomic mass is 19.1. The first kappa shape index (κ1) is 19.4. The van der Waals surface area contributed by atoms with Crippen LogP contribution >= 0.6 is 0 Å². The second-order valence-electron chi connectivity index (χ2n) is 6.49. The quantitative estimate of drug-likeness (QED) is 0.683. The van der Waals surface area contributed by atoms with Gasteiger partial charge >= 0.3 is 0 Å². The van der Waals surface area contributed by atoms with Crippen LogP contribution in [0.5, 0.6) is 0 Å². The number of nitrogens with zero attached hydrogens (tertiary/aromatic N) is 4. The molecule has 6 nitrogen and oxygen atoms in total. The second-order valence-corrected chi connectivity index (χ2v) is 6.49. The molecule has 3 rings (SSSR count). The first-order chi connectivity index (χ1) is 13.5. The SMILES string of the molecule is Cc1nc(C(=O)NCc2ccc(F)cc2)cc(N(C)CCc2ccncc2)n1. The van der Waals surface area contributed by atoms with Gasteiger partial charge in [0.2, 0.25) is 0 Å². The molecule has 3 aromatic rings. The van der Waals surface area contributed by atoms with Gasteiger partial charge in [-0.2, -0.15) is 0 Å². The molecule has 0 radical (unpaired) electrons. The Morgan fingerprint density at radius 2 is 1.79 bits per heavy atom. The van der Waals surface area contributed by atoms with E-state index in [1.807, 2.05) is 24.1 Å². The number of aromatic nitrogens is 3. The van der Waals surface area contributed by atoms with Crippen molar-refractivity contribution >= 4 is 11.7 Å². The molecule has 1 amide bonds. The van der Waals surface area contributed by atoms with Crippen molar-refractivity contribution in [3.05, 3.63) is 83.3 Å². The van der Waals surface area contributed by atoms with E-state index in [4.69, 9.17) is 0 Å². The van der Waals surface area contributed by atoms with Crippen molar-refractivity contribution in [3.8, 4) is 0 Å². The number of benzene rings is 1. The molecule has 0 aliphatic carbocycles. The summed E-state index contributed by atoms with van der Waals surface area (Å²) in [7, 11) is 1.93. The van der Waals surface area contributed by atoms with E-state index in [9.17, 15) is 9.18 Å². The Hall–Kier alpha value is -3.35. The maximum atomic E-state index is 13.0. The summed E-state index contributed by atoms with van der Waals surface area (Å²) in [4.78, 5) is 27.2. The van der Waals surface area contributed by atoms with Gasteiger partial charge in [0.15, 0.2) is 0 Å². The molecule has 0 fully saturated rings. The van der Waals surface area contributed by atoms with Gasteiger partial charge in [-0.25, -0.2) is 14.4 Å². The van der Waals surface area contributed by atoms with E-state index >= 15 is 0 Å². The Morgan fingerprint density at radius 1 is 1.07 bits per heavy atom.